The van der Waals surface area contributed by atoms with Crippen LogP contribution in [0.2, 0.25) is 0 Å². The van der Waals surface area contributed by atoms with E-state index in [1.807, 2.05) is 52.2 Å². The number of phenolic OH excluding ortho intramolecular Hbond substituents is 1. The highest BCUT2D eigenvalue weighted by Crippen LogP contribution is 2.23. The Labute approximate surface area is 168 Å². The van der Waals surface area contributed by atoms with Gasteiger partial charge in [-0.25, -0.2) is 9.97 Å². The van der Waals surface area contributed by atoms with Gasteiger partial charge < -0.3 is 9.84 Å². The molecule has 1 N–H and O–H groups in total. The molecule has 0 fully saturated rings. The minimum atomic E-state index is -0.393. The van der Waals surface area contributed by atoms with Crippen LogP contribution >= 0.6 is 0 Å². The molecule has 0 atom stereocenters. The van der Waals surface area contributed by atoms with E-state index in [4.69, 9.17) is 4.74 Å². The molecule has 0 aliphatic heterocycles. The van der Waals surface area contributed by atoms with Gasteiger partial charge >= 0.3 is 5.97 Å². The number of carbonyl (C=O) groups excluding carboxylic acids is 1. The van der Waals surface area contributed by atoms with Crippen molar-refractivity contribution in [1.29, 1.82) is 0 Å². The highest BCUT2D eigenvalue weighted by atomic mass is 16.6. The van der Waals surface area contributed by atoms with Crippen LogP contribution in [-0.2, 0) is 16.0 Å². The van der Waals surface area contributed by atoms with Gasteiger partial charge in [0.2, 0.25) is 0 Å². The van der Waals surface area contributed by atoms with Crippen LogP contribution in [0.1, 0.15) is 70.4 Å². The van der Waals surface area contributed by atoms with Crippen LogP contribution in [0.4, 0.5) is 0 Å². The van der Waals surface area contributed by atoms with Gasteiger partial charge in [0, 0.05) is 24.4 Å². The van der Waals surface area contributed by atoms with Crippen LogP contribution in [0, 0.1) is 6.92 Å². The van der Waals surface area contributed by atoms with Crippen molar-refractivity contribution in [2.24, 2.45) is 0 Å². The van der Waals surface area contributed by atoms with Crippen molar-refractivity contribution in [3.05, 3.63) is 41.7 Å². The molecule has 28 heavy (non-hydrogen) atoms. The van der Waals surface area contributed by atoms with Gasteiger partial charge in [0.05, 0.1) is 0 Å². The van der Waals surface area contributed by atoms with Crippen molar-refractivity contribution in [2.75, 3.05) is 0 Å². The summed E-state index contributed by atoms with van der Waals surface area (Å²) in [6, 6.07) is 5.39. The number of aryl methyl sites for hydroxylation is 2. The lowest BCUT2D eigenvalue weighted by atomic mass is 10.1. The molecule has 0 saturated heterocycles. The number of hydrogen-bond donors (Lipinski definition) is 1. The lowest BCUT2D eigenvalue weighted by molar-refractivity contribution is -0.154. The smallest absolute Gasteiger partial charge is 0.306 e. The molecule has 0 unspecified atom stereocenters. The number of aromatic hydroxyl groups is 1. The fourth-order valence-electron chi connectivity index (χ4n) is 2.95. The molecule has 0 spiro atoms. The summed E-state index contributed by atoms with van der Waals surface area (Å²) in [5.74, 6) is 0.856. The van der Waals surface area contributed by atoms with Crippen molar-refractivity contribution >= 4 is 5.97 Å². The number of aromatic nitrogens is 2. The highest BCUT2D eigenvalue weighted by molar-refractivity contribution is 5.69. The van der Waals surface area contributed by atoms with Crippen LogP contribution in [0.15, 0.2) is 30.6 Å². The number of nitrogens with zero attached hydrogens (tertiary/aromatic N) is 2. The first-order chi connectivity index (χ1) is 13.2. The summed E-state index contributed by atoms with van der Waals surface area (Å²) in [7, 11) is 0. The zero-order chi connectivity index (χ0) is 20.6. The highest BCUT2D eigenvalue weighted by Gasteiger charge is 2.15. The van der Waals surface area contributed by atoms with Crippen molar-refractivity contribution < 1.29 is 14.6 Å². The molecule has 0 saturated carbocycles. The van der Waals surface area contributed by atoms with Gasteiger partial charge in [0.25, 0.3) is 0 Å². The molecule has 0 bridgehead atoms. The lowest BCUT2D eigenvalue weighted by Crippen LogP contribution is -2.23. The second-order valence-electron chi connectivity index (χ2n) is 8.27. The second kappa shape index (κ2) is 10.2. The van der Waals surface area contributed by atoms with E-state index in [-0.39, 0.29) is 11.7 Å². The third kappa shape index (κ3) is 7.67. The first kappa shape index (κ1) is 21.9. The Balaban J connectivity index is 1.64. The van der Waals surface area contributed by atoms with Crippen LogP contribution < -0.4 is 0 Å². The Morgan fingerprint density at radius 2 is 1.68 bits per heavy atom. The molecule has 2 aromatic rings. The molecular formula is C23H32N2O3. The Hall–Kier alpha value is -2.43. The Morgan fingerprint density at radius 3 is 2.32 bits per heavy atom. The van der Waals surface area contributed by atoms with Crippen LogP contribution in [-0.4, -0.2) is 26.6 Å². The zero-order valence-corrected chi connectivity index (χ0v) is 17.5. The second-order valence-corrected chi connectivity index (χ2v) is 8.27. The Kier molecular flexibility index (Phi) is 7.97. The summed E-state index contributed by atoms with van der Waals surface area (Å²) >= 11 is 0. The predicted molar refractivity (Wildman–Crippen MR) is 111 cm³/mol. The first-order valence-electron chi connectivity index (χ1n) is 10.1. The molecule has 0 aliphatic carbocycles. The summed E-state index contributed by atoms with van der Waals surface area (Å²) in [5, 5.41) is 9.62. The maximum absolute atomic E-state index is 11.6. The number of unbranched alkanes of at least 4 members (excludes halogenated alkanes) is 4. The monoisotopic (exact) mass is 384 g/mol. The van der Waals surface area contributed by atoms with Crippen LogP contribution in [0.25, 0.3) is 11.4 Å². The fourth-order valence-corrected chi connectivity index (χ4v) is 2.95. The lowest BCUT2D eigenvalue weighted by Gasteiger charge is -2.19. The van der Waals surface area contributed by atoms with Gasteiger partial charge in [0.15, 0.2) is 5.82 Å². The SMILES string of the molecule is Cc1cc(-c2ncc(CCCCCCCC(=O)OC(C)(C)C)cn2)ccc1O. The van der Waals surface area contributed by atoms with Crippen molar-refractivity contribution in [2.45, 2.75) is 78.2 Å². The van der Waals surface area contributed by atoms with E-state index in [9.17, 15) is 9.90 Å². The average molecular weight is 385 g/mol. The standard InChI is InChI=1S/C23H32N2O3/c1-17-14-19(12-13-20(17)26)22-24-15-18(16-25-22)10-8-6-5-7-9-11-21(27)28-23(2,3)4/h12-16,26H,5-11H2,1-4H3. The minimum Gasteiger partial charge on any atom is -0.508 e. The molecule has 1 aromatic heterocycles. The molecule has 2 rings (SSSR count). The largest absolute Gasteiger partial charge is 0.508 e. The quantitative estimate of drug-likeness (QED) is 0.464. The molecular weight excluding hydrogens is 352 g/mol. The van der Waals surface area contributed by atoms with Gasteiger partial charge in [-0.2, -0.15) is 0 Å². The van der Waals surface area contributed by atoms with Crippen LogP contribution in [0.3, 0.4) is 0 Å². The maximum Gasteiger partial charge on any atom is 0.306 e. The van der Waals surface area contributed by atoms with E-state index < -0.39 is 5.60 Å². The molecule has 5 nitrogen and oxygen atoms in total. The van der Waals surface area contributed by atoms with Gasteiger partial charge in [-0.05, 0) is 76.3 Å². The summed E-state index contributed by atoms with van der Waals surface area (Å²) in [6.07, 6.45) is 10.5. The molecule has 1 heterocycles. The number of benzene rings is 1. The van der Waals surface area contributed by atoms with Gasteiger partial charge in [-0.15, -0.1) is 0 Å². The van der Waals surface area contributed by atoms with E-state index in [2.05, 4.69) is 9.97 Å². The molecule has 0 aliphatic rings. The fraction of sp³-hybridized carbons (Fsp3) is 0.522. The topological polar surface area (TPSA) is 72.3 Å². The van der Waals surface area contributed by atoms with Gasteiger partial charge in [0.1, 0.15) is 11.4 Å². The Morgan fingerprint density at radius 1 is 1.04 bits per heavy atom. The summed E-state index contributed by atoms with van der Waals surface area (Å²) in [5.41, 5.74) is 2.47. The van der Waals surface area contributed by atoms with E-state index in [0.717, 1.165) is 55.2 Å². The van der Waals surface area contributed by atoms with Crippen molar-refractivity contribution in [3.8, 4) is 17.1 Å². The van der Waals surface area contributed by atoms with E-state index in [0.29, 0.717) is 12.2 Å². The third-order valence-corrected chi connectivity index (χ3v) is 4.43. The summed E-state index contributed by atoms with van der Waals surface area (Å²) in [6.45, 7) is 7.55. The number of ether oxygens (including phenoxy) is 1. The van der Waals surface area contributed by atoms with Crippen LogP contribution in [0.5, 0.6) is 5.75 Å². The molecule has 0 amide bonds. The zero-order valence-electron chi connectivity index (χ0n) is 17.5. The minimum absolute atomic E-state index is 0.103. The average Bonchev–Trinajstić information content (AvgIpc) is 2.62. The first-order valence-corrected chi connectivity index (χ1v) is 10.1. The maximum atomic E-state index is 11.6. The van der Waals surface area contributed by atoms with E-state index >= 15 is 0 Å². The van der Waals surface area contributed by atoms with E-state index in [1.165, 1.54) is 0 Å². The molecule has 5 heteroatoms. The Bertz CT molecular complexity index is 764. The number of carbonyl (C=O) groups is 1. The number of esters is 1. The summed E-state index contributed by atoms with van der Waals surface area (Å²) in [4.78, 5) is 20.6. The molecule has 0 radical (unpaired) electrons. The summed E-state index contributed by atoms with van der Waals surface area (Å²) < 4.78 is 5.31. The van der Waals surface area contributed by atoms with Gasteiger partial charge in [-0.1, -0.05) is 19.3 Å². The van der Waals surface area contributed by atoms with E-state index in [1.54, 1.807) is 6.07 Å². The van der Waals surface area contributed by atoms with Gasteiger partial charge in [-0.3, -0.25) is 4.79 Å². The number of rotatable bonds is 9. The molecule has 1 aromatic carbocycles. The number of phenols is 1. The normalized spacial score (nSPS) is 11.4. The predicted octanol–water partition coefficient (Wildman–Crippen LogP) is 5.38. The van der Waals surface area contributed by atoms with Crippen molar-refractivity contribution in [1.82, 2.24) is 9.97 Å². The number of hydrogen-bond acceptors (Lipinski definition) is 5. The van der Waals surface area contributed by atoms with Crippen molar-refractivity contribution in [3.63, 3.8) is 0 Å². The third-order valence-electron chi connectivity index (χ3n) is 4.43. The molecule has 152 valence electrons.